The molecule has 1 aromatic rings. The molecule has 2 N–H and O–H groups in total. The second-order valence-electron chi connectivity index (χ2n) is 5.41. The number of hydrogen-bond acceptors (Lipinski definition) is 2. The van der Waals surface area contributed by atoms with Gasteiger partial charge >= 0.3 is 0 Å². The van der Waals surface area contributed by atoms with E-state index in [2.05, 4.69) is 22.2 Å². The summed E-state index contributed by atoms with van der Waals surface area (Å²) in [5.41, 5.74) is -0.291. The van der Waals surface area contributed by atoms with Crippen molar-refractivity contribution in [2.75, 3.05) is 0 Å². The summed E-state index contributed by atoms with van der Waals surface area (Å²) in [5, 5.41) is 2.93. The van der Waals surface area contributed by atoms with Gasteiger partial charge in [-0.1, -0.05) is 46.5 Å². The summed E-state index contributed by atoms with van der Waals surface area (Å²) in [6.45, 7) is 6.69. The van der Waals surface area contributed by atoms with Gasteiger partial charge in [0, 0.05) is 17.8 Å². The van der Waals surface area contributed by atoms with Crippen LogP contribution in [0, 0.1) is 5.41 Å². The number of nitrogens with one attached hydrogen (secondary N) is 2. The lowest BCUT2D eigenvalue weighted by atomic mass is 9.86. The summed E-state index contributed by atoms with van der Waals surface area (Å²) < 4.78 is 0. The molecule has 4 heteroatoms. The predicted octanol–water partition coefficient (Wildman–Crippen LogP) is 3.02. The fraction of sp³-hybridized carbons (Fsp3) is 0.714. The van der Waals surface area contributed by atoms with Gasteiger partial charge in [0.15, 0.2) is 0 Å². The van der Waals surface area contributed by atoms with E-state index >= 15 is 0 Å². The third-order valence-electron chi connectivity index (χ3n) is 3.24. The van der Waals surface area contributed by atoms with Gasteiger partial charge in [-0.05, 0) is 6.42 Å². The fourth-order valence-electron chi connectivity index (χ4n) is 1.91. The summed E-state index contributed by atoms with van der Waals surface area (Å²) in [5.74, 6) is 0.903. The van der Waals surface area contributed by atoms with Crippen molar-refractivity contribution in [1.29, 1.82) is 0 Å². The molecular weight excluding hydrogens is 226 g/mol. The molecule has 0 aliphatic rings. The molecule has 0 bridgehead atoms. The number of aromatic amines is 1. The molecule has 0 aliphatic carbocycles. The van der Waals surface area contributed by atoms with Gasteiger partial charge in [0.25, 0.3) is 0 Å². The SMILES string of the molecule is CCCCCCC(C)(C)C(=O)NCc1ncc[nH]1. The first kappa shape index (κ1) is 14.7. The number of aromatic nitrogens is 2. The zero-order valence-electron chi connectivity index (χ0n) is 11.8. The molecule has 1 amide bonds. The minimum absolute atomic E-state index is 0.107. The van der Waals surface area contributed by atoms with E-state index < -0.39 is 0 Å². The summed E-state index contributed by atoms with van der Waals surface area (Å²) in [4.78, 5) is 19.1. The molecule has 1 rings (SSSR count). The second-order valence-corrected chi connectivity index (χ2v) is 5.41. The first-order valence-corrected chi connectivity index (χ1v) is 6.83. The van der Waals surface area contributed by atoms with E-state index in [0.717, 1.165) is 18.7 Å². The highest BCUT2D eigenvalue weighted by molar-refractivity contribution is 5.81. The van der Waals surface area contributed by atoms with Gasteiger partial charge in [0.1, 0.15) is 5.82 Å². The normalized spacial score (nSPS) is 11.5. The Balaban J connectivity index is 2.29. The van der Waals surface area contributed by atoms with Gasteiger partial charge in [-0.2, -0.15) is 0 Å². The number of unbranched alkanes of at least 4 members (excludes halogenated alkanes) is 3. The monoisotopic (exact) mass is 251 g/mol. The first-order chi connectivity index (χ1) is 8.56. The molecule has 4 nitrogen and oxygen atoms in total. The van der Waals surface area contributed by atoms with Crippen LogP contribution in [0.3, 0.4) is 0 Å². The Kier molecular flexibility index (Phi) is 5.89. The lowest BCUT2D eigenvalue weighted by molar-refractivity contribution is -0.129. The van der Waals surface area contributed by atoms with Gasteiger partial charge < -0.3 is 10.3 Å². The van der Waals surface area contributed by atoms with Crippen LogP contribution in [-0.4, -0.2) is 15.9 Å². The number of nitrogens with zero attached hydrogens (tertiary/aromatic N) is 1. The quantitative estimate of drug-likeness (QED) is 0.698. The number of rotatable bonds is 8. The van der Waals surface area contributed by atoms with Crippen LogP contribution in [-0.2, 0) is 11.3 Å². The molecule has 0 aliphatic heterocycles. The summed E-state index contributed by atoms with van der Waals surface area (Å²) in [7, 11) is 0. The van der Waals surface area contributed by atoms with Gasteiger partial charge in [-0.3, -0.25) is 4.79 Å². The van der Waals surface area contributed by atoms with E-state index in [1.807, 2.05) is 13.8 Å². The lowest BCUT2D eigenvalue weighted by Gasteiger charge is -2.23. The first-order valence-electron chi connectivity index (χ1n) is 6.83. The summed E-state index contributed by atoms with van der Waals surface area (Å²) in [6, 6.07) is 0. The average Bonchev–Trinajstić information content (AvgIpc) is 2.84. The molecule has 0 unspecified atom stereocenters. The van der Waals surface area contributed by atoms with Crippen molar-refractivity contribution in [3.05, 3.63) is 18.2 Å². The topological polar surface area (TPSA) is 57.8 Å². The Morgan fingerprint density at radius 1 is 1.39 bits per heavy atom. The molecule has 0 saturated carbocycles. The zero-order chi connectivity index (χ0) is 13.4. The van der Waals surface area contributed by atoms with Gasteiger partial charge in [-0.25, -0.2) is 4.98 Å². The molecule has 102 valence electrons. The minimum atomic E-state index is -0.291. The van der Waals surface area contributed by atoms with E-state index in [1.165, 1.54) is 19.3 Å². The number of amides is 1. The number of H-pyrrole nitrogens is 1. The van der Waals surface area contributed by atoms with E-state index in [9.17, 15) is 4.79 Å². The molecule has 1 aromatic heterocycles. The van der Waals surface area contributed by atoms with Crippen LogP contribution in [0.15, 0.2) is 12.4 Å². The molecule has 0 fully saturated rings. The molecule has 1 heterocycles. The van der Waals surface area contributed by atoms with Crippen molar-refractivity contribution in [2.45, 2.75) is 59.4 Å². The van der Waals surface area contributed by atoms with Gasteiger partial charge in [-0.15, -0.1) is 0 Å². The Bertz CT molecular complexity index is 344. The highest BCUT2D eigenvalue weighted by atomic mass is 16.2. The maximum atomic E-state index is 12.1. The van der Waals surface area contributed by atoms with E-state index in [4.69, 9.17) is 0 Å². The second kappa shape index (κ2) is 7.19. The molecule has 0 atom stereocenters. The fourth-order valence-corrected chi connectivity index (χ4v) is 1.91. The van der Waals surface area contributed by atoms with Crippen molar-refractivity contribution in [1.82, 2.24) is 15.3 Å². The van der Waals surface area contributed by atoms with Crippen molar-refractivity contribution in [2.24, 2.45) is 5.41 Å². The van der Waals surface area contributed by atoms with Crippen LogP contribution in [0.1, 0.15) is 58.7 Å². The maximum Gasteiger partial charge on any atom is 0.226 e. The van der Waals surface area contributed by atoms with Crippen molar-refractivity contribution >= 4 is 5.91 Å². The highest BCUT2D eigenvalue weighted by Gasteiger charge is 2.26. The van der Waals surface area contributed by atoms with Crippen LogP contribution in [0.2, 0.25) is 0 Å². The summed E-state index contributed by atoms with van der Waals surface area (Å²) in [6.07, 6.45) is 9.21. The van der Waals surface area contributed by atoms with Crippen LogP contribution >= 0.6 is 0 Å². The van der Waals surface area contributed by atoms with Crippen LogP contribution < -0.4 is 5.32 Å². The zero-order valence-corrected chi connectivity index (χ0v) is 11.8. The Morgan fingerprint density at radius 2 is 2.17 bits per heavy atom. The van der Waals surface area contributed by atoms with Crippen molar-refractivity contribution in [3.63, 3.8) is 0 Å². The highest BCUT2D eigenvalue weighted by Crippen LogP contribution is 2.24. The van der Waals surface area contributed by atoms with Crippen LogP contribution in [0.5, 0.6) is 0 Å². The van der Waals surface area contributed by atoms with E-state index in [0.29, 0.717) is 6.54 Å². The number of carbonyl (C=O) groups excluding carboxylic acids is 1. The average molecular weight is 251 g/mol. The molecule has 18 heavy (non-hydrogen) atoms. The Hall–Kier alpha value is -1.32. The van der Waals surface area contributed by atoms with Gasteiger partial charge in [0.2, 0.25) is 5.91 Å². The molecular formula is C14H25N3O. The minimum Gasteiger partial charge on any atom is -0.348 e. The van der Waals surface area contributed by atoms with Gasteiger partial charge in [0.05, 0.1) is 6.54 Å². The third kappa shape index (κ3) is 4.90. The molecule has 0 aromatic carbocycles. The number of imidazole rings is 1. The van der Waals surface area contributed by atoms with E-state index in [-0.39, 0.29) is 11.3 Å². The van der Waals surface area contributed by atoms with E-state index in [1.54, 1.807) is 12.4 Å². The summed E-state index contributed by atoms with van der Waals surface area (Å²) >= 11 is 0. The standard InChI is InChI=1S/C14H25N3O/c1-4-5-6-7-8-14(2,3)13(18)17-11-12-15-9-10-16-12/h9-10H,4-8,11H2,1-3H3,(H,15,16)(H,17,18). The predicted molar refractivity (Wildman–Crippen MR) is 73.0 cm³/mol. The maximum absolute atomic E-state index is 12.1. The van der Waals surface area contributed by atoms with Crippen molar-refractivity contribution < 1.29 is 4.79 Å². The molecule has 0 spiro atoms. The Morgan fingerprint density at radius 3 is 2.78 bits per heavy atom. The molecule has 0 saturated heterocycles. The lowest BCUT2D eigenvalue weighted by Crippen LogP contribution is -2.36. The van der Waals surface area contributed by atoms with Crippen LogP contribution in [0.4, 0.5) is 0 Å². The van der Waals surface area contributed by atoms with Crippen LogP contribution in [0.25, 0.3) is 0 Å². The number of hydrogen-bond donors (Lipinski definition) is 2. The third-order valence-corrected chi connectivity index (χ3v) is 3.24. The van der Waals surface area contributed by atoms with Crippen molar-refractivity contribution in [3.8, 4) is 0 Å². The Labute approximate surface area is 110 Å². The molecule has 0 radical (unpaired) electrons. The smallest absolute Gasteiger partial charge is 0.226 e. The number of carbonyl (C=O) groups is 1. The largest absolute Gasteiger partial charge is 0.348 e.